The van der Waals surface area contributed by atoms with E-state index in [1.807, 2.05) is 0 Å². The van der Waals surface area contributed by atoms with Crippen LogP contribution in [-0.4, -0.2) is 37.7 Å². The maximum Gasteiger partial charge on any atom is 0.356 e. The monoisotopic (exact) mass is 256 g/mol. The molecule has 6 nitrogen and oxygen atoms in total. The van der Waals surface area contributed by atoms with Crippen LogP contribution >= 0.6 is 0 Å². The Labute approximate surface area is 99.0 Å². The highest BCUT2D eigenvalue weighted by molar-refractivity contribution is 7.90. The van der Waals surface area contributed by atoms with Crippen molar-refractivity contribution in [2.75, 3.05) is 13.4 Å². The van der Waals surface area contributed by atoms with Crippen molar-refractivity contribution in [3.05, 3.63) is 17.5 Å². The van der Waals surface area contributed by atoms with Crippen LogP contribution in [0.25, 0.3) is 0 Å². The fraction of sp³-hybridized carbons (Fsp3) is 0.500. The van der Waals surface area contributed by atoms with Crippen LogP contribution in [0.2, 0.25) is 0 Å². The minimum atomic E-state index is -3.53. The van der Waals surface area contributed by atoms with E-state index >= 15 is 0 Å². The number of esters is 1. The number of nitrogens with zero attached hydrogens (tertiary/aromatic N) is 2. The second kappa shape index (κ2) is 4.06. The molecule has 0 N–H and O–H groups in total. The number of rotatable bonds is 3. The van der Waals surface area contributed by atoms with Gasteiger partial charge in [-0.3, -0.25) is 0 Å². The van der Waals surface area contributed by atoms with E-state index < -0.39 is 15.8 Å². The molecular formula is C10H12N2O4S. The maximum atomic E-state index is 11.4. The summed E-state index contributed by atoms with van der Waals surface area (Å²) >= 11 is 0. The molecule has 1 aromatic rings. The molecule has 17 heavy (non-hydrogen) atoms. The highest BCUT2D eigenvalue weighted by Gasteiger charge is 2.28. The number of methoxy groups -OCH3 is 1. The molecule has 0 unspecified atom stereocenters. The first kappa shape index (κ1) is 12.0. The highest BCUT2D eigenvalue weighted by atomic mass is 32.2. The van der Waals surface area contributed by atoms with Gasteiger partial charge in [0.2, 0.25) is 15.0 Å². The maximum absolute atomic E-state index is 11.4. The Hall–Kier alpha value is -1.50. The number of ether oxygens (including phenoxy) is 1. The molecular weight excluding hydrogens is 244 g/mol. The minimum absolute atomic E-state index is 0.00942. The van der Waals surface area contributed by atoms with Crippen molar-refractivity contribution in [2.24, 2.45) is 0 Å². The van der Waals surface area contributed by atoms with Gasteiger partial charge in [0.25, 0.3) is 0 Å². The Balaban J connectivity index is 2.53. The van der Waals surface area contributed by atoms with E-state index in [0.29, 0.717) is 5.69 Å². The average Bonchev–Trinajstić information content (AvgIpc) is 3.10. The molecule has 0 spiro atoms. The van der Waals surface area contributed by atoms with Gasteiger partial charge in [-0.1, -0.05) is 0 Å². The fourth-order valence-corrected chi connectivity index (χ4v) is 1.94. The van der Waals surface area contributed by atoms with E-state index in [1.54, 1.807) is 0 Å². The first-order chi connectivity index (χ1) is 7.91. The average molecular weight is 256 g/mol. The number of carbonyl (C=O) groups excluding carboxylic acids is 1. The molecule has 92 valence electrons. The third-order valence-corrected chi connectivity index (χ3v) is 3.29. The molecule has 1 aliphatic carbocycles. The SMILES string of the molecule is COC(=O)c1cc(C2CC2)nc(S(C)(=O)=O)n1. The van der Waals surface area contributed by atoms with Gasteiger partial charge in [0, 0.05) is 17.9 Å². The molecule has 0 bridgehead atoms. The second-order valence-corrected chi connectivity index (χ2v) is 5.91. The summed E-state index contributed by atoms with van der Waals surface area (Å²) in [6, 6.07) is 1.50. The predicted octanol–water partition coefficient (Wildman–Crippen LogP) is 0.544. The van der Waals surface area contributed by atoms with E-state index in [-0.39, 0.29) is 16.8 Å². The Morgan fingerprint density at radius 2 is 2.06 bits per heavy atom. The van der Waals surface area contributed by atoms with E-state index in [0.717, 1.165) is 19.1 Å². The smallest absolute Gasteiger partial charge is 0.356 e. The van der Waals surface area contributed by atoms with Gasteiger partial charge in [-0.05, 0) is 18.9 Å². The van der Waals surface area contributed by atoms with Crippen LogP contribution in [0.4, 0.5) is 0 Å². The van der Waals surface area contributed by atoms with Gasteiger partial charge >= 0.3 is 5.97 Å². The number of hydrogen-bond donors (Lipinski definition) is 0. The van der Waals surface area contributed by atoms with Crippen LogP contribution in [0.15, 0.2) is 11.2 Å². The summed E-state index contributed by atoms with van der Waals surface area (Å²) in [5.41, 5.74) is 0.589. The molecule has 2 rings (SSSR count). The van der Waals surface area contributed by atoms with Crippen LogP contribution in [0.3, 0.4) is 0 Å². The van der Waals surface area contributed by atoms with Gasteiger partial charge in [0.15, 0.2) is 5.69 Å². The number of aromatic nitrogens is 2. The van der Waals surface area contributed by atoms with Crippen molar-refractivity contribution in [2.45, 2.75) is 23.9 Å². The molecule has 1 heterocycles. The van der Waals surface area contributed by atoms with Gasteiger partial charge < -0.3 is 4.74 Å². The van der Waals surface area contributed by atoms with Gasteiger partial charge in [0.1, 0.15) is 0 Å². The van der Waals surface area contributed by atoms with E-state index in [2.05, 4.69) is 14.7 Å². The van der Waals surface area contributed by atoms with Crippen molar-refractivity contribution in [1.29, 1.82) is 0 Å². The fourth-order valence-electron chi connectivity index (χ4n) is 1.41. The van der Waals surface area contributed by atoms with Crippen LogP contribution in [-0.2, 0) is 14.6 Å². The summed E-state index contributed by atoms with van der Waals surface area (Å²) in [6.07, 6.45) is 2.93. The van der Waals surface area contributed by atoms with Crippen molar-refractivity contribution in [3.8, 4) is 0 Å². The number of hydrogen-bond acceptors (Lipinski definition) is 6. The normalized spacial score (nSPS) is 15.6. The molecule has 0 saturated heterocycles. The third kappa shape index (κ3) is 2.60. The summed E-state index contributed by atoms with van der Waals surface area (Å²) in [5.74, 6) is -0.416. The van der Waals surface area contributed by atoms with Gasteiger partial charge in [0.05, 0.1) is 7.11 Å². The quantitative estimate of drug-likeness (QED) is 0.579. The summed E-state index contributed by atoms with van der Waals surface area (Å²) in [4.78, 5) is 19.1. The van der Waals surface area contributed by atoms with E-state index in [4.69, 9.17) is 0 Å². The zero-order valence-electron chi connectivity index (χ0n) is 9.50. The first-order valence-corrected chi connectivity index (χ1v) is 6.98. The molecule has 0 radical (unpaired) electrons. The zero-order valence-corrected chi connectivity index (χ0v) is 10.3. The second-order valence-electron chi connectivity index (χ2n) is 4.00. The molecule has 7 heteroatoms. The summed E-state index contributed by atoms with van der Waals surface area (Å²) < 4.78 is 27.4. The Morgan fingerprint density at radius 1 is 1.41 bits per heavy atom. The lowest BCUT2D eigenvalue weighted by atomic mass is 10.2. The lowest BCUT2D eigenvalue weighted by molar-refractivity contribution is 0.0592. The Kier molecular flexibility index (Phi) is 2.86. The van der Waals surface area contributed by atoms with Crippen LogP contribution < -0.4 is 0 Å². The van der Waals surface area contributed by atoms with Crippen molar-refractivity contribution in [3.63, 3.8) is 0 Å². The highest BCUT2D eigenvalue weighted by Crippen LogP contribution is 2.39. The summed E-state index contributed by atoms with van der Waals surface area (Å²) in [7, 11) is -2.30. The summed E-state index contributed by atoms with van der Waals surface area (Å²) in [6.45, 7) is 0. The molecule has 0 atom stereocenters. The van der Waals surface area contributed by atoms with Gasteiger partial charge in [-0.25, -0.2) is 23.2 Å². The zero-order chi connectivity index (χ0) is 12.6. The molecule has 0 amide bonds. The van der Waals surface area contributed by atoms with E-state index in [1.165, 1.54) is 13.2 Å². The Bertz CT molecular complexity index is 564. The lowest BCUT2D eigenvalue weighted by Gasteiger charge is -2.04. The third-order valence-electron chi connectivity index (χ3n) is 2.45. The van der Waals surface area contributed by atoms with Crippen LogP contribution in [0.5, 0.6) is 0 Å². The van der Waals surface area contributed by atoms with Gasteiger partial charge in [-0.15, -0.1) is 0 Å². The molecule has 0 aliphatic heterocycles. The lowest BCUT2D eigenvalue weighted by Crippen LogP contribution is -2.12. The standard InChI is InChI=1S/C10H12N2O4S/c1-16-9(13)8-5-7(6-3-4-6)11-10(12-8)17(2,14)15/h5-6H,3-4H2,1-2H3. The molecule has 1 saturated carbocycles. The minimum Gasteiger partial charge on any atom is -0.464 e. The molecule has 1 aromatic heterocycles. The van der Waals surface area contributed by atoms with Crippen molar-refractivity contribution in [1.82, 2.24) is 9.97 Å². The Morgan fingerprint density at radius 3 is 2.53 bits per heavy atom. The predicted molar refractivity (Wildman–Crippen MR) is 58.5 cm³/mol. The van der Waals surface area contributed by atoms with Crippen molar-refractivity contribution < 1.29 is 17.9 Å². The molecule has 1 fully saturated rings. The molecule has 0 aromatic carbocycles. The largest absolute Gasteiger partial charge is 0.464 e. The molecule has 1 aliphatic rings. The first-order valence-electron chi connectivity index (χ1n) is 5.09. The van der Waals surface area contributed by atoms with E-state index in [9.17, 15) is 13.2 Å². The number of carbonyl (C=O) groups is 1. The van der Waals surface area contributed by atoms with Crippen LogP contribution in [0, 0.1) is 0 Å². The number of sulfone groups is 1. The van der Waals surface area contributed by atoms with Crippen molar-refractivity contribution >= 4 is 15.8 Å². The van der Waals surface area contributed by atoms with Gasteiger partial charge in [-0.2, -0.15) is 0 Å². The van der Waals surface area contributed by atoms with Crippen LogP contribution in [0.1, 0.15) is 34.9 Å². The topological polar surface area (TPSA) is 86.2 Å². The summed E-state index contributed by atoms with van der Waals surface area (Å²) in [5, 5.41) is -0.317.